The van der Waals surface area contributed by atoms with E-state index in [0.29, 0.717) is 22.7 Å². The standard InChI is InChI=1S/C20H18N2O4S/c1-25-14-7-8-17(23)16(11-14)21-20(27)22-19(24)15-9-12-5-3-4-6-13(12)10-18(15)26-2/h3-11,23H,1-2H3,(H2,21,22,24,27). The topological polar surface area (TPSA) is 79.8 Å². The highest BCUT2D eigenvalue weighted by molar-refractivity contribution is 7.80. The quantitative estimate of drug-likeness (QED) is 0.472. The van der Waals surface area contributed by atoms with Crippen molar-refractivity contribution in [2.45, 2.75) is 0 Å². The van der Waals surface area contributed by atoms with E-state index in [0.717, 1.165) is 10.8 Å². The van der Waals surface area contributed by atoms with Gasteiger partial charge in [-0.1, -0.05) is 24.3 Å². The summed E-state index contributed by atoms with van der Waals surface area (Å²) in [4.78, 5) is 12.7. The molecular weight excluding hydrogens is 364 g/mol. The number of carbonyl (C=O) groups is 1. The Labute approximate surface area is 161 Å². The number of nitrogens with one attached hydrogen (secondary N) is 2. The Balaban J connectivity index is 1.81. The summed E-state index contributed by atoms with van der Waals surface area (Å²) >= 11 is 5.19. The van der Waals surface area contributed by atoms with Gasteiger partial charge in [-0.2, -0.15) is 0 Å². The molecule has 0 heterocycles. The van der Waals surface area contributed by atoms with Crippen LogP contribution in [0, 0.1) is 0 Å². The molecule has 0 aliphatic carbocycles. The number of phenols is 1. The molecule has 0 saturated carbocycles. The van der Waals surface area contributed by atoms with Gasteiger partial charge in [-0.05, 0) is 47.3 Å². The summed E-state index contributed by atoms with van der Waals surface area (Å²) in [6.07, 6.45) is 0. The highest BCUT2D eigenvalue weighted by Gasteiger charge is 2.16. The van der Waals surface area contributed by atoms with E-state index < -0.39 is 5.91 Å². The minimum absolute atomic E-state index is 0.0179. The van der Waals surface area contributed by atoms with Crippen molar-refractivity contribution >= 4 is 39.7 Å². The highest BCUT2D eigenvalue weighted by Crippen LogP contribution is 2.28. The summed E-state index contributed by atoms with van der Waals surface area (Å²) in [7, 11) is 3.02. The number of ether oxygens (including phenoxy) is 2. The van der Waals surface area contributed by atoms with Crippen LogP contribution in [0.3, 0.4) is 0 Å². The number of thiocarbonyl (C=S) groups is 1. The molecule has 6 nitrogen and oxygen atoms in total. The Bertz CT molecular complexity index is 1020. The van der Waals surface area contributed by atoms with Crippen LogP contribution < -0.4 is 20.1 Å². The van der Waals surface area contributed by atoms with Gasteiger partial charge in [0.2, 0.25) is 0 Å². The fourth-order valence-electron chi connectivity index (χ4n) is 2.63. The van der Waals surface area contributed by atoms with Gasteiger partial charge in [-0.25, -0.2) is 0 Å². The Morgan fingerprint density at radius 1 is 1.00 bits per heavy atom. The van der Waals surface area contributed by atoms with Crippen LogP contribution in [0.5, 0.6) is 17.2 Å². The Morgan fingerprint density at radius 2 is 1.70 bits per heavy atom. The molecule has 0 radical (unpaired) electrons. The first-order valence-electron chi connectivity index (χ1n) is 8.08. The van der Waals surface area contributed by atoms with Gasteiger partial charge in [0.15, 0.2) is 5.11 Å². The van der Waals surface area contributed by atoms with Crippen LogP contribution in [-0.4, -0.2) is 30.3 Å². The van der Waals surface area contributed by atoms with Gasteiger partial charge >= 0.3 is 0 Å². The van der Waals surface area contributed by atoms with Gasteiger partial charge in [0.1, 0.15) is 17.2 Å². The van der Waals surface area contributed by atoms with Gasteiger partial charge in [0.25, 0.3) is 5.91 Å². The first-order valence-corrected chi connectivity index (χ1v) is 8.48. The Morgan fingerprint density at radius 3 is 2.37 bits per heavy atom. The van der Waals surface area contributed by atoms with Crippen LogP contribution in [0.2, 0.25) is 0 Å². The molecule has 0 bridgehead atoms. The molecule has 0 aromatic heterocycles. The lowest BCUT2D eigenvalue weighted by molar-refractivity contribution is 0.0975. The van der Waals surface area contributed by atoms with Crippen LogP contribution >= 0.6 is 12.2 Å². The van der Waals surface area contributed by atoms with Crippen molar-refractivity contribution in [2.75, 3.05) is 19.5 Å². The number of aromatic hydroxyl groups is 1. The molecule has 0 aliphatic heterocycles. The summed E-state index contributed by atoms with van der Waals surface area (Å²) < 4.78 is 10.5. The third-order valence-electron chi connectivity index (χ3n) is 3.99. The summed E-state index contributed by atoms with van der Waals surface area (Å²) in [5.41, 5.74) is 0.681. The molecule has 0 fully saturated rings. The summed E-state index contributed by atoms with van der Waals surface area (Å²) in [6, 6.07) is 15.9. The Kier molecular flexibility index (Phi) is 5.42. The molecule has 1 amide bonds. The van der Waals surface area contributed by atoms with Gasteiger partial charge in [0, 0.05) is 6.07 Å². The lowest BCUT2D eigenvalue weighted by Gasteiger charge is -2.14. The van der Waals surface area contributed by atoms with E-state index in [-0.39, 0.29) is 10.9 Å². The normalized spacial score (nSPS) is 10.3. The fourth-order valence-corrected chi connectivity index (χ4v) is 2.83. The minimum atomic E-state index is -0.419. The maximum atomic E-state index is 12.7. The highest BCUT2D eigenvalue weighted by atomic mass is 32.1. The zero-order valence-corrected chi connectivity index (χ0v) is 15.6. The Hall–Kier alpha value is -3.32. The largest absolute Gasteiger partial charge is 0.506 e. The number of hydrogen-bond acceptors (Lipinski definition) is 5. The molecule has 0 unspecified atom stereocenters. The maximum Gasteiger partial charge on any atom is 0.261 e. The van der Waals surface area contributed by atoms with Crippen molar-refractivity contribution in [3.63, 3.8) is 0 Å². The van der Waals surface area contributed by atoms with Gasteiger partial charge in [-0.3, -0.25) is 10.1 Å². The molecule has 138 valence electrons. The first kappa shape index (κ1) is 18.5. The molecule has 0 atom stereocenters. The molecule has 0 saturated heterocycles. The van der Waals surface area contributed by atoms with Crippen LogP contribution in [0.15, 0.2) is 54.6 Å². The number of anilines is 1. The molecule has 3 aromatic carbocycles. The second kappa shape index (κ2) is 7.92. The van der Waals surface area contributed by atoms with E-state index in [1.165, 1.54) is 20.3 Å². The minimum Gasteiger partial charge on any atom is -0.506 e. The zero-order valence-electron chi connectivity index (χ0n) is 14.8. The van der Waals surface area contributed by atoms with E-state index in [1.54, 1.807) is 24.3 Å². The summed E-state index contributed by atoms with van der Waals surface area (Å²) in [6.45, 7) is 0. The van der Waals surface area contributed by atoms with Crippen molar-refractivity contribution in [1.82, 2.24) is 5.32 Å². The molecule has 3 N–H and O–H groups in total. The zero-order chi connectivity index (χ0) is 19.4. The molecule has 0 aliphatic rings. The molecule has 0 spiro atoms. The summed E-state index contributed by atoms with van der Waals surface area (Å²) in [5, 5.41) is 17.2. The van der Waals surface area contributed by atoms with Crippen LogP contribution in [-0.2, 0) is 0 Å². The average molecular weight is 382 g/mol. The number of carbonyl (C=O) groups excluding carboxylic acids is 1. The van der Waals surface area contributed by atoms with Crippen molar-refractivity contribution in [2.24, 2.45) is 0 Å². The third kappa shape index (κ3) is 4.09. The maximum absolute atomic E-state index is 12.7. The van der Waals surface area contributed by atoms with E-state index in [4.69, 9.17) is 21.7 Å². The number of amides is 1. The predicted octanol–water partition coefficient (Wildman–Crippen LogP) is 3.69. The van der Waals surface area contributed by atoms with E-state index in [2.05, 4.69) is 10.6 Å². The van der Waals surface area contributed by atoms with E-state index in [9.17, 15) is 9.90 Å². The fraction of sp³-hybridized carbons (Fsp3) is 0.100. The van der Waals surface area contributed by atoms with E-state index in [1.807, 2.05) is 24.3 Å². The number of rotatable bonds is 4. The van der Waals surface area contributed by atoms with Crippen molar-refractivity contribution in [3.05, 3.63) is 60.2 Å². The molecule has 3 rings (SSSR count). The molecule has 27 heavy (non-hydrogen) atoms. The number of hydrogen-bond donors (Lipinski definition) is 3. The monoisotopic (exact) mass is 382 g/mol. The van der Waals surface area contributed by atoms with Gasteiger partial charge in [0.05, 0.1) is 25.5 Å². The number of benzene rings is 3. The van der Waals surface area contributed by atoms with Crippen LogP contribution in [0.4, 0.5) is 5.69 Å². The second-order valence-corrected chi connectivity index (χ2v) is 6.10. The summed E-state index contributed by atoms with van der Waals surface area (Å²) in [5.74, 6) is 0.548. The first-order chi connectivity index (χ1) is 13.0. The van der Waals surface area contributed by atoms with Crippen molar-refractivity contribution < 1.29 is 19.4 Å². The van der Waals surface area contributed by atoms with E-state index >= 15 is 0 Å². The average Bonchev–Trinajstić information content (AvgIpc) is 2.68. The van der Waals surface area contributed by atoms with Gasteiger partial charge in [-0.15, -0.1) is 0 Å². The lowest BCUT2D eigenvalue weighted by Crippen LogP contribution is -2.34. The number of methoxy groups -OCH3 is 2. The second-order valence-electron chi connectivity index (χ2n) is 5.69. The molecular formula is C20H18N2O4S. The lowest BCUT2D eigenvalue weighted by atomic mass is 10.1. The van der Waals surface area contributed by atoms with Gasteiger partial charge < -0.3 is 19.9 Å². The van der Waals surface area contributed by atoms with Crippen molar-refractivity contribution in [3.8, 4) is 17.2 Å². The molecule has 3 aromatic rings. The van der Waals surface area contributed by atoms with Crippen LogP contribution in [0.25, 0.3) is 10.8 Å². The molecule has 7 heteroatoms. The van der Waals surface area contributed by atoms with Crippen molar-refractivity contribution in [1.29, 1.82) is 0 Å². The number of fused-ring (bicyclic) bond motifs is 1. The predicted molar refractivity (Wildman–Crippen MR) is 109 cm³/mol. The van der Waals surface area contributed by atoms with Crippen LogP contribution in [0.1, 0.15) is 10.4 Å². The smallest absolute Gasteiger partial charge is 0.261 e. The number of phenolic OH excluding ortho intramolecular Hbond substituents is 1. The SMILES string of the molecule is COc1ccc(O)c(NC(=S)NC(=O)c2cc3ccccc3cc2OC)c1. The third-order valence-corrected chi connectivity index (χ3v) is 4.20.